The molecule has 0 radical (unpaired) electrons. The molecule has 4 rings (SSSR count). The first-order valence-electron chi connectivity index (χ1n) is 8.99. The summed E-state index contributed by atoms with van der Waals surface area (Å²) in [5, 5.41) is 0. The maximum absolute atomic E-state index is 5.75. The Morgan fingerprint density at radius 1 is 1.26 bits per heavy atom. The van der Waals surface area contributed by atoms with E-state index in [0.717, 1.165) is 37.3 Å². The molecular weight excluding hydrogens is 288 g/mol. The highest BCUT2D eigenvalue weighted by atomic mass is 16.5. The van der Waals surface area contributed by atoms with Crippen molar-refractivity contribution in [3.05, 3.63) is 24.2 Å². The van der Waals surface area contributed by atoms with Crippen LogP contribution in [-0.4, -0.2) is 52.3 Å². The van der Waals surface area contributed by atoms with Crippen molar-refractivity contribution >= 4 is 11.2 Å². The molecule has 124 valence electrons. The first-order chi connectivity index (χ1) is 11.4. The SMILES string of the molecule is CCN1CCC(c2nc3cccnc3n2C2CCCOC2)CC1. The fourth-order valence-electron chi connectivity index (χ4n) is 4.03. The van der Waals surface area contributed by atoms with Gasteiger partial charge in [0.05, 0.1) is 12.6 Å². The van der Waals surface area contributed by atoms with Gasteiger partial charge in [-0.05, 0) is 57.5 Å². The summed E-state index contributed by atoms with van der Waals surface area (Å²) in [5.41, 5.74) is 2.07. The van der Waals surface area contributed by atoms with Crippen LogP contribution in [0, 0.1) is 0 Å². The molecule has 0 aromatic carbocycles. The highest BCUT2D eigenvalue weighted by molar-refractivity contribution is 5.71. The second kappa shape index (κ2) is 6.57. The molecule has 2 saturated heterocycles. The van der Waals surface area contributed by atoms with Crippen LogP contribution >= 0.6 is 0 Å². The van der Waals surface area contributed by atoms with Crippen molar-refractivity contribution in [1.82, 2.24) is 19.4 Å². The van der Waals surface area contributed by atoms with Gasteiger partial charge in [0, 0.05) is 18.7 Å². The molecule has 0 bridgehead atoms. The number of imidazole rings is 1. The van der Waals surface area contributed by atoms with Gasteiger partial charge in [-0.2, -0.15) is 0 Å². The fourth-order valence-corrected chi connectivity index (χ4v) is 4.03. The number of ether oxygens (including phenoxy) is 1. The van der Waals surface area contributed by atoms with Gasteiger partial charge in [-0.25, -0.2) is 9.97 Å². The monoisotopic (exact) mass is 314 g/mol. The smallest absolute Gasteiger partial charge is 0.160 e. The topological polar surface area (TPSA) is 43.2 Å². The van der Waals surface area contributed by atoms with Crippen LogP contribution in [0.2, 0.25) is 0 Å². The van der Waals surface area contributed by atoms with Gasteiger partial charge in [0.25, 0.3) is 0 Å². The summed E-state index contributed by atoms with van der Waals surface area (Å²) < 4.78 is 8.15. The van der Waals surface area contributed by atoms with Gasteiger partial charge in [0.15, 0.2) is 5.65 Å². The first kappa shape index (κ1) is 15.1. The minimum atomic E-state index is 0.392. The van der Waals surface area contributed by atoms with Crippen molar-refractivity contribution in [2.24, 2.45) is 0 Å². The average Bonchev–Trinajstić information content (AvgIpc) is 3.02. The number of fused-ring (bicyclic) bond motifs is 1. The van der Waals surface area contributed by atoms with Crippen LogP contribution in [0.3, 0.4) is 0 Å². The van der Waals surface area contributed by atoms with Crippen molar-refractivity contribution < 1.29 is 4.74 Å². The number of pyridine rings is 1. The number of rotatable bonds is 3. The van der Waals surface area contributed by atoms with Crippen LogP contribution in [0.4, 0.5) is 0 Å². The number of likely N-dealkylation sites (tertiary alicyclic amines) is 1. The second-order valence-corrected chi connectivity index (χ2v) is 6.77. The zero-order valence-electron chi connectivity index (χ0n) is 13.9. The summed E-state index contributed by atoms with van der Waals surface area (Å²) >= 11 is 0. The summed E-state index contributed by atoms with van der Waals surface area (Å²) in [6, 6.07) is 4.47. The lowest BCUT2D eigenvalue weighted by molar-refractivity contribution is 0.0584. The Labute approximate surface area is 137 Å². The molecule has 0 amide bonds. The van der Waals surface area contributed by atoms with Crippen molar-refractivity contribution in [3.63, 3.8) is 0 Å². The van der Waals surface area contributed by atoms with Gasteiger partial charge >= 0.3 is 0 Å². The number of aromatic nitrogens is 3. The molecule has 5 heteroatoms. The van der Waals surface area contributed by atoms with Crippen LogP contribution in [0.1, 0.15) is 50.4 Å². The van der Waals surface area contributed by atoms with E-state index < -0.39 is 0 Å². The molecular formula is C18H26N4O. The minimum absolute atomic E-state index is 0.392. The van der Waals surface area contributed by atoms with Crippen LogP contribution in [-0.2, 0) is 4.74 Å². The van der Waals surface area contributed by atoms with Crippen molar-refractivity contribution in [2.75, 3.05) is 32.8 Å². The third-order valence-electron chi connectivity index (χ3n) is 5.38. The van der Waals surface area contributed by atoms with Crippen molar-refractivity contribution in [1.29, 1.82) is 0 Å². The van der Waals surface area contributed by atoms with Crippen molar-refractivity contribution in [2.45, 2.75) is 44.6 Å². The highest BCUT2D eigenvalue weighted by Gasteiger charge is 2.29. The van der Waals surface area contributed by atoms with E-state index in [1.54, 1.807) is 0 Å². The number of hydrogen-bond acceptors (Lipinski definition) is 4. The van der Waals surface area contributed by atoms with E-state index >= 15 is 0 Å². The van der Waals surface area contributed by atoms with Gasteiger partial charge < -0.3 is 14.2 Å². The molecule has 2 fully saturated rings. The molecule has 0 spiro atoms. The lowest BCUT2D eigenvalue weighted by Gasteiger charge is -2.32. The van der Waals surface area contributed by atoms with E-state index in [9.17, 15) is 0 Å². The van der Waals surface area contributed by atoms with Gasteiger partial charge in [-0.3, -0.25) is 0 Å². The first-order valence-corrected chi connectivity index (χ1v) is 8.99. The molecule has 5 nitrogen and oxygen atoms in total. The normalized spacial score (nSPS) is 24.3. The molecule has 4 heterocycles. The predicted octanol–water partition coefficient (Wildman–Crippen LogP) is 2.98. The lowest BCUT2D eigenvalue weighted by atomic mass is 9.95. The van der Waals surface area contributed by atoms with Crippen molar-refractivity contribution in [3.8, 4) is 0 Å². The maximum atomic E-state index is 5.75. The molecule has 2 aromatic heterocycles. The number of piperidine rings is 1. The predicted molar refractivity (Wildman–Crippen MR) is 90.7 cm³/mol. The Bertz CT molecular complexity index is 654. The van der Waals surface area contributed by atoms with Crippen LogP contribution in [0.25, 0.3) is 11.2 Å². The third-order valence-corrected chi connectivity index (χ3v) is 5.38. The third kappa shape index (κ3) is 2.88. The summed E-state index contributed by atoms with van der Waals surface area (Å²) in [6.45, 7) is 7.45. The van der Waals surface area contributed by atoms with Gasteiger partial charge in [-0.15, -0.1) is 0 Å². The van der Waals surface area contributed by atoms with E-state index in [4.69, 9.17) is 9.72 Å². The Balaban J connectivity index is 1.70. The number of nitrogens with zero attached hydrogens (tertiary/aromatic N) is 4. The molecule has 23 heavy (non-hydrogen) atoms. The van der Waals surface area contributed by atoms with Crippen LogP contribution in [0.5, 0.6) is 0 Å². The molecule has 2 aliphatic heterocycles. The van der Waals surface area contributed by atoms with E-state index in [0.29, 0.717) is 12.0 Å². The Hall–Kier alpha value is -1.46. The highest BCUT2D eigenvalue weighted by Crippen LogP contribution is 2.33. The van der Waals surface area contributed by atoms with Crippen LogP contribution < -0.4 is 0 Å². The molecule has 0 aliphatic carbocycles. The molecule has 2 aliphatic rings. The van der Waals surface area contributed by atoms with E-state index in [1.165, 1.54) is 38.2 Å². The minimum Gasteiger partial charge on any atom is -0.379 e. The lowest BCUT2D eigenvalue weighted by Crippen LogP contribution is -2.34. The zero-order valence-corrected chi connectivity index (χ0v) is 13.9. The molecule has 0 N–H and O–H groups in total. The summed E-state index contributed by atoms with van der Waals surface area (Å²) in [4.78, 5) is 12.2. The molecule has 1 unspecified atom stereocenters. The standard InChI is InChI=1S/C18H26N4O/c1-2-21-10-7-14(8-11-21)17-20-16-6-3-9-19-18(16)22(17)15-5-4-12-23-13-15/h3,6,9,14-15H,2,4-5,7-8,10-13H2,1H3. The number of hydrogen-bond donors (Lipinski definition) is 0. The van der Waals surface area contributed by atoms with E-state index in [-0.39, 0.29) is 0 Å². The van der Waals surface area contributed by atoms with Crippen LogP contribution in [0.15, 0.2) is 18.3 Å². The molecule has 1 atom stereocenters. The Morgan fingerprint density at radius 3 is 2.87 bits per heavy atom. The summed E-state index contributed by atoms with van der Waals surface area (Å²) in [6.07, 6.45) is 6.58. The average molecular weight is 314 g/mol. The zero-order chi connectivity index (χ0) is 15.6. The largest absolute Gasteiger partial charge is 0.379 e. The maximum Gasteiger partial charge on any atom is 0.160 e. The second-order valence-electron chi connectivity index (χ2n) is 6.77. The molecule has 2 aromatic rings. The Kier molecular flexibility index (Phi) is 4.31. The summed E-state index contributed by atoms with van der Waals surface area (Å²) in [7, 11) is 0. The summed E-state index contributed by atoms with van der Waals surface area (Å²) in [5.74, 6) is 1.79. The van der Waals surface area contributed by atoms with E-state index in [2.05, 4.69) is 27.4 Å². The van der Waals surface area contributed by atoms with E-state index in [1.807, 2.05) is 12.3 Å². The van der Waals surface area contributed by atoms with Gasteiger partial charge in [0.1, 0.15) is 11.3 Å². The fraction of sp³-hybridized carbons (Fsp3) is 0.667. The quantitative estimate of drug-likeness (QED) is 0.873. The van der Waals surface area contributed by atoms with Gasteiger partial charge in [0.2, 0.25) is 0 Å². The molecule has 0 saturated carbocycles. The Morgan fingerprint density at radius 2 is 2.13 bits per heavy atom. The van der Waals surface area contributed by atoms with Gasteiger partial charge in [-0.1, -0.05) is 6.92 Å².